The van der Waals surface area contributed by atoms with E-state index in [1.165, 1.54) is 0 Å². The summed E-state index contributed by atoms with van der Waals surface area (Å²) in [4.78, 5) is 0. The predicted octanol–water partition coefficient (Wildman–Crippen LogP) is -3.38. The molecule has 0 aliphatic rings. The average molecular weight is 354 g/mol. The van der Waals surface area contributed by atoms with Crippen molar-refractivity contribution in [2.45, 2.75) is 0 Å². The van der Waals surface area contributed by atoms with Gasteiger partial charge in [0.1, 0.15) is 0 Å². The quantitative estimate of drug-likeness (QED) is 0.281. The van der Waals surface area contributed by atoms with Crippen LogP contribution in [0.2, 0.25) is 0 Å². The zero-order valence-corrected chi connectivity index (χ0v) is 12.2. The first kappa shape index (κ1) is 18.9. The van der Waals surface area contributed by atoms with Crippen molar-refractivity contribution in [2.24, 2.45) is 0 Å². The SMILES string of the molecule is C=CC[N+](CC=C)(CC=C)CC=C.[O-][I+2]([O-])O. The maximum Gasteiger partial charge on any atom is 0.503 e. The van der Waals surface area contributed by atoms with Crippen molar-refractivity contribution >= 4 is 0 Å². The van der Waals surface area contributed by atoms with Crippen LogP contribution in [0, 0.1) is 0 Å². The first-order valence-electron chi connectivity index (χ1n) is 5.01. The molecule has 0 radical (unpaired) electrons. The van der Waals surface area contributed by atoms with Crippen molar-refractivity contribution in [1.82, 2.24) is 0 Å². The highest BCUT2D eigenvalue weighted by atomic mass is 127. The molecule has 4 nitrogen and oxygen atoms in total. The fraction of sp³-hybridized carbons (Fsp3) is 0.333. The van der Waals surface area contributed by atoms with Crippen LogP contribution in [-0.2, 0) is 0 Å². The minimum atomic E-state index is -3.76. The lowest BCUT2D eigenvalue weighted by atomic mass is 10.3. The molecular formula is C12H21INO3+. The van der Waals surface area contributed by atoms with Crippen LogP contribution in [0.3, 0.4) is 0 Å². The van der Waals surface area contributed by atoms with Crippen LogP contribution in [-0.4, -0.2) is 34.1 Å². The summed E-state index contributed by atoms with van der Waals surface area (Å²) in [5.41, 5.74) is 0. The highest BCUT2D eigenvalue weighted by molar-refractivity contribution is 4.79. The number of hydrogen-bond acceptors (Lipinski definition) is 3. The fourth-order valence-electron chi connectivity index (χ4n) is 1.54. The second-order valence-corrected chi connectivity index (χ2v) is 4.58. The van der Waals surface area contributed by atoms with E-state index in [2.05, 4.69) is 26.3 Å². The molecule has 0 saturated heterocycles. The predicted molar refractivity (Wildman–Crippen MR) is 62.7 cm³/mol. The van der Waals surface area contributed by atoms with Crippen LogP contribution >= 0.6 is 0 Å². The number of rotatable bonds is 8. The molecule has 0 aromatic heterocycles. The second-order valence-electron chi connectivity index (χ2n) is 3.43. The molecular weight excluding hydrogens is 333 g/mol. The summed E-state index contributed by atoms with van der Waals surface area (Å²) in [5.74, 6) is 0. The molecule has 0 aliphatic heterocycles. The lowest BCUT2D eigenvalue weighted by Gasteiger charge is -2.35. The van der Waals surface area contributed by atoms with Crippen LogP contribution in [0.25, 0.3) is 0 Å². The van der Waals surface area contributed by atoms with Gasteiger partial charge >= 0.3 is 21.1 Å². The molecule has 5 heteroatoms. The van der Waals surface area contributed by atoms with Crippen LogP contribution in [0.4, 0.5) is 0 Å². The van der Waals surface area contributed by atoms with Gasteiger partial charge in [0.05, 0.1) is 26.2 Å². The minimum absolute atomic E-state index is 0.903. The summed E-state index contributed by atoms with van der Waals surface area (Å²) >= 11 is -3.76. The van der Waals surface area contributed by atoms with Gasteiger partial charge < -0.3 is 11.4 Å². The fourth-order valence-corrected chi connectivity index (χ4v) is 1.54. The summed E-state index contributed by atoms with van der Waals surface area (Å²) in [5, 5.41) is 0. The Bertz CT molecular complexity index is 194. The standard InChI is InChI=1S/C12H20N.HIO3/c1-5-9-13(10-6-2,11-7-3)12-8-4;2-1(3)4/h5-8H,1-4,9-12H2;2H/q+1;. The van der Waals surface area contributed by atoms with E-state index in [4.69, 9.17) is 10.3 Å². The molecule has 0 aliphatic carbocycles. The van der Waals surface area contributed by atoms with Crippen LogP contribution in [0.1, 0.15) is 0 Å². The number of hydrogen-bond donors (Lipinski definition) is 1. The van der Waals surface area contributed by atoms with Gasteiger partial charge in [-0.25, -0.2) is 0 Å². The molecule has 0 unspecified atom stereocenters. The summed E-state index contributed by atoms with van der Waals surface area (Å²) in [6.45, 7) is 18.8. The molecule has 0 spiro atoms. The summed E-state index contributed by atoms with van der Waals surface area (Å²) < 4.78 is 25.4. The van der Waals surface area contributed by atoms with Crippen molar-refractivity contribution in [3.05, 3.63) is 50.6 Å². The summed E-state index contributed by atoms with van der Waals surface area (Å²) in [6.07, 6.45) is 7.76. The molecule has 0 bridgehead atoms. The lowest BCUT2D eigenvalue weighted by Crippen LogP contribution is -3.98. The van der Waals surface area contributed by atoms with E-state index in [0.29, 0.717) is 0 Å². The zero-order valence-electron chi connectivity index (χ0n) is 10.1. The van der Waals surface area contributed by atoms with Gasteiger partial charge in [0, 0.05) is 0 Å². The Hall–Kier alpha value is -0.470. The molecule has 17 heavy (non-hydrogen) atoms. The van der Waals surface area contributed by atoms with E-state index in [9.17, 15) is 0 Å². The monoisotopic (exact) mass is 354 g/mol. The molecule has 0 amide bonds. The largest absolute Gasteiger partial charge is 0.503 e. The smallest absolute Gasteiger partial charge is 0.396 e. The van der Waals surface area contributed by atoms with E-state index < -0.39 is 21.1 Å². The average Bonchev–Trinajstić information content (AvgIpc) is 2.18. The van der Waals surface area contributed by atoms with Crippen molar-refractivity contribution in [3.63, 3.8) is 0 Å². The third kappa shape index (κ3) is 11.8. The topological polar surface area (TPSA) is 66.3 Å². The third-order valence-corrected chi connectivity index (χ3v) is 2.07. The molecule has 1 N–H and O–H groups in total. The van der Waals surface area contributed by atoms with E-state index in [0.717, 1.165) is 30.7 Å². The first-order chi connectivity index (χ1) is 7.97. The number of halogens is 1. The van der Waals surface area contributed by atoms with Gasteiger partial charge in [-0.05, 0) is 27.7 Å². The van der Waals surface area contributed by atoms with Gasteiger partial charge in [-0.2, -0.15) is 0 Å². The van der Waals surface area contributed by atoms with E-state index in [1.807, 2.05) is 24.3 Å². The third-order valence-electron chi connectivity index (χ3n) is 2.07. The Balaban J connectivity index is 0. The van der Waals surface area contributed by atoms with Gasteiger partial charge in [-0.3, -0.25) is 0 Å². The normalized spacial score (nSPS) is 10.1. The van der Waals surface area contributed by atoms with Crippen LogP contribution in [0.5, 0.6) is 0 Å². The highest BCUT2D eigenvalue weighted by Gasteiger charge is 2.20. The maximum absolute atomic E-state index is 8.68. The van der Waals surface area contributed by atoms with Gasteiger partial charge in [-0.15, -0.1) is 0 Å². The Morgan fingerprint density at radius 3 is 1.12 bits per heavy atom. The highest BCUT2D eigenvalue weighted by Crippen LogP contribution is 2.07. The molecule has 0 saturated carbocycles. The van der Waals surface area contributed by atoms with Gasteiger partial charge in [-0.1, -0.05) is 26.3 Å². The van der Waals surface area contributed by atoms with E-state index in [1.54, 1.807) is 0 Å². The number of quaternary nitrogens is 1. The second kappa shape index (κ2) is 12.0. The molecule has 0 fully saturated rings. The van der Waals surface area contributed by atoms with Crippen molar-refractivity contribution in [3.8, 4) is 0 Å². The Morgan fingerprint density at radius 2 is 1.00 bits per heavy atom. The lowest BCUT2D eigenvalue weighted by molar-refractivity contribution is -1.63. The van der Waals surface area contributed by atoms with E-state index >= 15 is 0 Å². The van der Waals surface area contributed by atoms with Gasteiger partial charge in [0.25, 0.3) is 0 Å². The molecule has 98 valence electrons. The summed E-state index contributed by atoms with van der Waals surface area (Å²) in [6, 6.07) is 0. The first-order valence-corrected chi connectivity index (χ1v) is 7.73. The van der Waals surface area contributed by atoms with Crippen molar-refractivity contribution < 1.29 is 35.9 Å². The Kier molecular flexibility index (Phi) is 13.3. The van der Waals surface area contributed by atoms with Crippen LogP contribution in [0.15, 0.2) is 50.6 Å². The molecule has 0 aromatic rings. The molecule has 0 heterocycles. The van der Waals surface area contributed by atoms with Crippen molar-refractivity contribution in [1.29, 1.82) is 0 Å². The summed E-state index contributed by atoms with van der Waals surface area (Å²) in [7, 11) is 0. The zero-order chi connectivity index (χ0) is 13.7. The van der Waals surface area contributed by atoms with Crippen LogP contribution < -0.4 is 27.9 Å². The Morgan fingerprint density at radius 1 is 0.824 bits per heavy atom. The minimum Gasteiger partial charge on any atom is -0.396 e. The molecule has 0 rings (SSSR count). The molecule has 0 atom stereocenters. The van der Waals surface area contributed by atoms with Gasteiger partial charge in [0.15, 0.2) is 0 Å². The Labute approximate surface area is 113 Å². The van der Waals surface area contributed by atoms with Gasteiger partial charge in [0.2, 0.25) is 0 Å². The molecule has 0 aromatic carbocycles. The van der Waals surface area contributed by atoms with Crippen molar-refractivity contribution in [2.75, 3.05) is 26.2 Å². The number of nitrogens with zero attached hydrogens (tertiary/aromatic N) is 1. The van der Waals surface area contributed by atoms with E-state index in [-0.39, 0.29) is 0 Å². The maximum atomic E-state index is 8.68.